The number of nitrogens with zero attached hydrogens (tertiary/aromatic N) is 1. The fraction of sp³-hybridized carbons (Fsp3) is 0.235. The fourth-order valence-electron chi connectivity index (χ4n) is 2.64. The Hall–Kier alpha value is -2.87. The van der Waals surface area contributed by atoms with E-state index in [9.17, 15) is 14.9 Å². The van der Waals surface area contributed by atoms with Crippen LogP contribution in [0.4, 0.5) is 0 Å². The van der Waals surface area contributed by atoms with Gasteiger partial charge in [-0.25, -0.2) is 4.79 Å². The molecule has 0 aliphatic carbocycles. The standard InChI is InChI=1S/C17H15NO4/c1-9(19)15-11(3)22-10(2)14(8-18)16(15)12-4-6-13(7-5-12)17(20)21/h4-7,16H,1-3H3,(H,20,21). The first-order valence-corrected chi connectivity index (χ1v) is 6.70. The van der Waals surface area contributed by atoms with E-state index in [-0.39, 0.29) is 11.3 Å². The van der Waals surface area contributed by atoms with Gasteiger partial charge in [0.1, 0.15) is 11.5 Å². The Morgan fingerprint density at radius 3 is 2.23 bits per heavy atom. The first-order valence-electron chi connectivity index (χ1n) is 6.70. The maximum Gasteiger partial charge on any atom is 0.335 e. The van der Waals surface area contributed by atoms with Gasteiger partial charge in [0.2, 0.25) is 0 Å². The van der Waals surface area contributed by atoms with Crippen molar-refractivity contribution in [2.24, 2.45) is 0 Å². The van der Waals surface area contributed by atoms with E-state index in [1.165, 1.54) is 19.1 Å². The number of hydrogen-bond donors (Lipinski definition) is 1. The SMILES string of the molecule is CC(=O)C1=C(C)OC(C)=C(C#N)C1c1ccc(C(=O)O)cc1. The number of allylic oxidation sites excluding steroid dienone is 4. The van der Waals surface area contributed by atoms with Crippen LogP contribution in [0.3, 0.4) is 0 Å². The van der Waals surface area contributed by atoms with Crippen LogP contribution < -0.4 is 0 Å². The van der Waals surface area contributed by atoms with Gasteiger partial charge >= 0.3 is 5.97 Å². The van der Waals surface area contributed by atoms with Gasteiger partial charge in [-0.3, -0.25) is 4.79 Å². The van der Waals surface area contributed by atoms with Crippen LogP contribution in [0.2, 0.25) is 0 Å². The van der Waals surface area contributed by atoms with Crippen molar-refractivity contribution < 1.29 is 19.4 Å². The summed E-state index contributed by atoms with van der Waals surface area (Å²) in [5.74, 6) is -0.804. The van der Waals surface area contributed by atoms with Crippen molar-refractivity contribution in [1.29, 1.82) is 5.26 Å². The molecule has 1 aromatic carbocycles. The molecule has 2 rings (SSSR count). The highest BCUT2D eigenvalue weighted by atomic mass is 16.5. The molecule has 0 radical (unpaired) electrons. The number of benzene rings is 1. The lowest BCUT2D eigenvalue weighted by Gasteiger charge is -2.27. The van der Waals surface area contributed by atoms with Crippen LogP contribution in [0.25, 0.3) is 0 Å². The monoisotopic (exact) mass is 297 g/mol. The molecule has 22 heavy (non-hydrogen) atoms. The second-order valence-corrected chi connectivity index (χ2v) is 5.07. The van der Waals surface area contributed by atoms with Crippen LogP contribution in [0.15, 0.2) is 46.9 Å². The largest absolute Gasteiger partial charge is 0.478 e. The molecule has 1 aliphatic rings. The molecule has 5 heteroatoms. The number of nitriles is 1. The Bertz CT molecular complexity index is 748. The zero-order valence-electron chi connectivity index (χ0n) is 12.5. The Morgan fingerprint density at radius 1 is 1.18 bits per heavy atom. The Balaban J connectivity index is 2.60. The minimum absolute atomic E-state index is 0.153. The maximum atomic E-state index is 12.0. The molecule has 5 nitrogen and oxygen atoms in total. The number of ether oxygens (including phenoxy) is 1. The molecule has 1 aromatic rings. The minimum Gasteiger partial charge on any atom is -0.478 e. The lowest BCUT2D eigenvalue weighted by Crippen LogP contribution is -2.19. The summed E-state index contributed by atoms with van der Waals surface area (Å²) in [5.41, 5.74) is 1.62. The molecule has 0 saturated carbocycles. The summed E-state index contributed by atoms with van der Waals surface area (Å²) in [5, 5.41) is 18.4. The van der Waals surface area contributed by atoms with Crippen molar-refractivity contribution in [3.05, 3.63) is 58.1 Å². The molecule has 0 saturated heterocycles. The molecular formula is C17H15NO4. The summed E-state index contributed by atoms with van der Waals surface area (Å²) in [4.78, 5) is 22.9. The Kier molecular flexibility index (Phi) is 4.13. The molecule has 1 atom stereocenters. The minimum atomic E-state index is -1.02. The Labute approximate surface area is 128 Å². The third kappa shape index (κ3) is 2.63. The number of carboxylic acids is 1. The van der Waals surface area contributed by atoms with Crippen molar-refractivity contribution in [3.8, 4) is 6.07 Å². The van der Waals surface area contributed by atoms with Crippen LogP contribution in [0.5, 0.6) is 0 Å². The summed E-state index contributed by atoms with van der Waals surface area (Å²) in [7, 11) is 0. The van der Waals surface area contributed by atoms with Gasteiger partial charge in [-0.05, 0) is 38.5 Å². The predicted molar refractivity (Wildman–Crippen MR) is 78.9 cm³/mol. The van der Waals surface area contributed by atoms with E-state index < -0.39 is 11.9 Å². The molecule has 112 valence electrons. The number of hydrogen-bond acceptors (Lipinski definition) is 4. The number of carboxylic acid groups (broad SMARTS) is 1. The smallest absolute Gasteiger partial charge is 0.335 e. The molecule has 0 amide bonds. The summed E-state index contributed by atoms with van der Waals surface area (Å²) < 4.78 is 5.50. The van der Waals surface area contributed by atoms with Crippen molar-refractivity contribution in [3.63, 3.8) is 0 Å². The lowest BCUT2D eigenvalue weighted by molar-refractivity contribution is -0.114. The van der Waals surface area contributed by atoms with E-state index in [1.807, 2.05) is 0 Å². The second-order valence-electron chi connectivity index (χ2n) is 5.07. The molecule has 0 aromatic heterocycles. The highest BCUT2D eigenvalue weighted by molar-refractivity contribution is 5.96. The van der Waals surface area contributed by atoms with Gasteiger partial charge in [0.05, 0.1) is 23.1 Å². The molecule has 1 unspecified atom stereocenters. The number of carbonyl (C=O) groups excluding carboxylic acids is 1. The third-order valence-corrected chi connectivity index (χ3v) is 3.63. The molecule has 1 aliphatic heterocycles. The zero-order chi connectivity index (χ0) is 16.4. The summed E-state index contributed by atoms with van der Waals surface area (Å²) >= 11 is 0. The third-order valence-electron chi connectivity index (χ3n) is 3.63. The highest BCUT2D eigenvalue weighted by Crippen LogP contribution is 2.40. The van der Waals surface area contributed by atoms with Gasteiger partial charge in [-0.2, -0.15) is 5.26 Å². The Morgan fingerprint density at radius 2 is 1.77 bits per heavy atom. The van der Waals surface area contributed by atoms with Crippen molar-refractivity contribution >= 4 is 11.8 Å². The first kappa shape index (κ1) is 15.5. The van der Waals surface area contributed by atoms with Gasteiger partial charge in [-0.15, -0.1) is 0 Å². The molecular weight excluding hydrogens is 282 g/mol. The van der Waals surface area contributed by atoms with Crippen molar-refractivity contribution in [2.75, 3.05) is 0 Å². The summed E-state index contributed by atoms with van der Waals surface area (Å²) in [6.07, 6.45) is 0. The predicted octanol–water partition coefficient (Wildman–Crippen LogP) is 3.16. The first-order chi connectivity index (χ1) is 10.4. The zero-order valence-corrected chi connectivity index (χ0v) is 12.5. The van der Waals surface area contributed by atoms with E-state index in [2.05, 4.69) is 6.07 Å². The van der Waals surface area contributed by atoms with Gasteiger partial charge in [0.15, 0.2) is 5.78 Å². The number of carbonyl (C=O) groups is 2. The van der Waals surface area contributed by atoms with E-state index in [4.69, 9.17) is 9.84 Å². The topological polar surface area (TPSA) is 87.4 Å². The number of Topliss-reactive ketones (excluding diaryl/α,β-unsaturated/α-hetero) is 1. The highest BCUT2D eigenvalue weighted by Gasteiger charge is 2.33. The molecule has 0 fully saturated rings. The average molecular weight is 297 g/mol. The molecule has 0 spiro atoms. The fourth-order valence-corrected chi connectivity index (χ4v) is 2.64. The van der Waals surface area contributed by atoms with Crippen LogP contribution in [-0.2, 0) is 9.53 Å². The van der Waals surface area contributed by atoms with Crippen LogP contribution in [-0.4, -0.2) is 16.9 Å². The molecule has 1 heterocycles. The maximum absolute atomic E-state index is 12.0. The number of ketones is 1. The van der Waals surface area contributed by atoms with Crippen LogP contribution in [0, 0.1) is 11.3 Å². The molecule has 1 N–H and O–H groups in total. The van der Waals surface area contributed by atoms with Gasteiger partial charge in [0.25, 0.3) is 0 Å². The number of rotatable bonds is 3. The quantitative estimate of drug-likeness (QED) is 0.925. The molecule has 0 bridgehead atoms. The van der Waals surface area contributed by atoms with E-state index in [1.54, 1.807) is 26.0 Å². The van der Waals surface area contributed by atoms with Crippen molar-refractivity contribution in [2.45, 2.75) is 26.7 Å². The van der Waals surface area contributed by atoms with Gasteiger partial charge in [0, 0.05) is 5.57 Å². The second kappa shape index (κ2) is 5.86. The van der Waals surface area contributed by atoms with E-state index in [0.717, 1.165) is 0 Å². The normalized spacial score (nSPS) is 17.8. The van der Waals surface area contributed by atoms with Gasteiger partial charge < -0.3 is 9.84 Å². The van der Waals surface area contributed by atoms with Crippen LogP contribution >= 0.6 is 0 Å². The van der Waals surface area contributed by atoms with E-state index in [0.29, 0.717) is 28.2 Å². The van der Waals surface area contributed by atoms with E-state index >= 15 is 0 Å². The lowest BCUT2D eigenvalue weighted by atomic mass is 9.80. The summed E-state index contributed by atoms with van der Waals surface area (Å²) in [6, 6.07) is 8.27. The summed E-state index contributed by atoms with van der Waals surface area (Å²) in [6.45, 7) is 4.79. The van der Waals surface area contributed by atoms with Crippen LogP contribution in [0.1, 0.15) is 42.6 Å². The number of aromatic carboxylic acids is 1. The average Bonchev–Trinajstić information content (AvgIpc) is 2.46. The van der Waals surface area contributed by atoms with Crippen molar-refractivity contribution in [1.82, 2.24) is 0 Å². The van der Waals surface area contributed by atoms with Gasteiger partial charge in [-0.1, -0.05) is 12.1 Å².